The largest absolute Gasteiger partial charge is 0.405 e. The molecular formula is C7H6F6N2. The standard InChI is InChI=1S/C7H6F6N2/c8-6(9,10)1-5-2-15(4-14-5)3-7(11,12)13/h2,5H,1,3H2. The molecule has 0 bridgehead atoms. The van der Waals surface area contributed by atoms with E-state index in [9.17, 15) is 26.3 Å². The molecular weight excluding hydrogens is 226 g/mol. The van der Waals surface area contributed by atoms with E-state index < -0.39 is 31.4 Å². The van der Waals surface area contributed by atoms with Gasteiger partial charge in [0.2, 0.25) is 0 Å². The van der Waals surface area contributed by atoms with Crippen LogP contribution in [0.25, 0.3) is 0 Å². The molecule has 0 aromatic heterocycles. The quantitative estimate of drug-likeness (QED) is 0.667. The zero-order chi connectivity index (χ0) is 11.7. The molecule has 0 aliphatic carbocycles. The molecule has 0 aromatic rings. The van der Waals surface area contributed by atoms with E-state index in [2.05, 4.69) is 4.99 Å². The molecule has 1 aliphatic rings. The van der Waals surface area contributed by atoms with Crippen molar-refractivity contribution in [3.8, 4) is 0 Å². The molecule has 0 spiro atoms. The average Bonchev–Trinajstić information content (AvgIpc) is 2.28. The van der Waals surface area contributed by atoms with Crippen molar-refractivity contribution in [2.75, 3.05) is 6.54 Å². The van der Waals surface area contributed by atoms with Crippen LogP contribution >= 0.6 is 0 Å². The fourth-order valence-electron chi connectivity index (χ4n) is 1.04. The third kappa shape index (κ3) is 4.89. The Bertz CT molecular complexity index is 219. The Kier molecular flexibility index (Phi) is 3.15. The summed E-state index contributed by atoms with van der Waals surface area (Å²) in [4.78, 5) is 3.67. The second-order valence-corrected chi connectivity index (χ2v) is 3.01. The highest BCUT2D eigenvalue weighted by Crippen LogP contribution is 2.27. The molecule has 1 rings (SSSR count). The van der Waals surface area contributed by atoms with Crippen molar-refractivity contribution < 1.29 is 26.3 Å². The third-order valence-electron chi connectivity index (χ3n) is 1.49. The monoisotopic (exact) mass is 232 g/mol. The maximum atomic E-state index is 11.8. The number of hydrogen-bond donors (Lipinski definition) is 0. The van der Waals surface area contributed by atoms with Crippen LogP contribution in [0.2, 0.25) is 0 Å². The van der Waals surface area contributed by atoms with Crippen LogP contribution in [-0.2, 0) is 0 Å². The SMILES string of the molecule is FC(F)(F)CC1[CH]N(CC(F)(F)F)[C]=N1. The summed E-state index contributed by atoms with van der Waals surface area (Å²) >= 11 is 0. The Morgan fingerprint density at radius 3 is 2.20 bits per heavy atom. The molecule has 0 saturated heterocycles. The van der Waals surface area contributed by atoms with Crippen LogP contribution in [-0.4, -0.2) is 36.2 Å². The van der Waals surface area contributed by atoms with Crippen molar-refractivity contribution >= 4 is 6.34 Å². The van der Waals surface area contributed by atoms with Crippen molar-refractivity contribution in [1.29, 1.82) is 0 Å². The number of aliphatic imine (C=N–C) groups is 1. The van der Waals surface area contributed by atoms with Crippen LogP contribution < -0.4 is 0 Å². The topological polar surface area (TPSA) is 15.6 Å². The molecule has 2 radical (unpaired) electrons. The second-order valence-electron chi connectivity index (χ2n) is 3.01. The zero-order valence-electron chi connectivity index (χ0n) is 7.23. The number of nitrogens with zero attached hydrogens (tertiary/aromatic N) is 2. The molecule has 8 heteroatoms. The second kappa shape index (κ2) is 3.90. The lowest BCUT2D eigenvalue weighted by Gasteiger charge is -2.17. The van der Waals surface area contributed by atoms with Gasteiger partial charge < -0.3 is 4.90 Å². The maximum absolute atomic E-state index is 11.8. The van der Waals surface area contributed by atoms with Gasteiger partial charge in [0.25, 0.3) is 0 Å². The van der Waals surface area contributed by atoms with Crippen LogP contribution in [0, 0.1) is 6.54 Å². The molecule has 0 fully saturated rings. The molecule has 2 nitrogen and oxygen atoms in total. The van der Waals surface area contributed by atoms with Gasteiger partial charge in [0.1, 0.15) is 6.54 Å². The average molecular weight is 232 g/mol. The molecule has 0 amide bonds. The first kappa shape index (κ1) is 12.1. The predicted octanol–water partition coefficient (Wildman–Crippen LogP) is 2.25. The number of halogens is 6. The minimum Gasteiger partial charge on any atom is -0.337 e. The van der Waals surface area contributed by atoms with E-state index in [0.717, 1.165) is 6.54 Å². The number of alkyl halides is 6. The van der Waals surface area contributed by atoms with Crippen molar-refractivity contribution in [1.82, 2.24) is 4.90 Å². The van der Waals surface area contributed by atoms with Gasteiger partial charge in [-0.25, -0.2) is 0 Å². The van der Waals surface area contributed by atoms with Gasteiger partial charge in [-0.15, -0.1) is 0 Å². The minimum atomic E-state index is -4.48. The summed E-state index contributed by atoms with van der Waals surface area (Å²) in [6.45, 7) is -0.605. The van der Waals surface area contributed by atoms with Gasteiger partial charge >= 0.3 is 12.4 Å². The van der Waals surface area contributed by atoms with E-state index in [4.69, 9.17) is 0 Å². The number of hydrogen-bond acceptors (Lipinski definition) is 2. The molecule has 0 N–H and O–H groups in total. The smallest absolute Gasteiger partial charge is 0.337 e. The molecule has 0 aromatic carbocycles. The van der Waals surface area contributed by atoms with E-state index in [1.165, 1.54) is 0 Å². The van der Waals surface area contributed by atoms with Crippen LogP contribution in [0.4, 0.5) is 26.3 Å². The van der Waals surface area contributed by atoms with Gasteiger partial charge in [-0.2, -0.15) is 26.3 Å². The summed E-state index contributed by atoms with van der Waals surface area (Å²) in [5.41, 5.74) is 0. The van der Waals surface area contributed by atoms with Crippen LogP contribution in [0.3, 0.4) is 0 Å². The molecule has 1 heterocycles. The highest BCUT2D eigenvalue weighted by Gasteiger charge is 2.37. The first-order valence-electron chi connectivity index (χ1n) is 3.86. The lowest BCUT2D eigenvalue weighted by atomic mass is 10.2. The summed E-state index contributed by atoms with van der Waals surface area (Å²) in [6.07, 6.45) is -8.32. The van der Waals surface area contributed by atoms with E-state index in [1.54, 1.807) is 0 Å². The zero-order valence-corrected chi connectivity index (χ0v) is 7.23. The highest BCUT2D eigenvalue weighted by molar-refractivity contribution is 5.59. The normalized spacial score (nSPS) is 22.5. The summed E-state index contributed by atoms with van der Waals surface area (Å²) < 4.78 is 70.9. The summed E-state index contributed by atoms with van der Waals surface area (Å²) in [6, 6.07) is -1.30. The van der Waals surface area contributed by atoms with E-state index in [-0.39, 0.29) is 0 Å². The van der Waals surface area contributed by atoms with Crippen molar-refractivity contribution in [3.63, 3.8) is 0 Å². The lowest BCUT2D eigenvalue weighted by Crippen LogP contribution is -2.31. The van der Waals surface area contributed by atoms with Gasteiger partial charge in [0.15, 0.2) is 6.34 Å². The van der Waals surface area contributed by atoms with Gasteiger partial charge in [-0.1, -0.05) is 0 Å². The summed E-state index contributed by atoms with van der Waals surface area (Å²) in [5.74, 6) is 0. The third-order valence-corrected chi connectivity index (χ3v) is 1.49. The van der Waals surface area contributed by atoms with E-state index in [1.807, 2.05) is 6.34 Å². The maximum Gasteiger partial charge on any atom is 0.405 e. The molecule has 1 aliphatic heterocycles. The van der Waals surface area contributed by atoms with Crippen LogP contribution in [0.15, 0.2) is 4.99 Å². The van der Waals surface area contributed by atoms with Crippen molar-refractivity contribution in [3.05, 3.63) is 6.54 Å². The van der Waals surface area contributed by atoms with Gasteiger partial charge in [-0.3, -0.25) is 4.99 Å². The van der Waals surface area contributed by atoms with Crippen LogP contribution in [0.1, 0.15) is 6.42 Å². The Hall–Kier alpha value is -0.950. The first-order valence-corrected chi connectivity index (χ1v) is 3.86. The Morgan fingerprint density at radius 1 is 1.13 bits per heavy atom. The molecule has 15 heavy (non-hydrogen) atoms. The predicted molar refractivity (Wildman–Crippen MR) is 39.0 cm³/mol. The number of rotatable bonds is 2. The van der Waals surface area contributed by atoms with Crippen molar-refractivity contribution in [2.45, 2.75) is 24.8 Å². The van der Waals surface area contributed by atoms with Gasteiger partial charge in [0.05, 0.1) is 19.0 Å². The minimum absolute atomic E-state index is 0.483. The first-order chi connectivity index (χ1) is 6.66. The Morgan fingerprint density at radius 2 is 1.73 bits per heavy atom. The van der Waals surface area contributed by atoms with Crippen molar-refractivity contribution in [2.24, 2.45) is 4.99 Å². The fourth-order valence-corrected chi connectivity index (χ4v) is 1.04. The summed E-state index contributed by atoms with van der Waals surface area (Å²) in [7, 11) is 0. The molecule has 1 unspecified atom stereocenters. The fraction of sp³-hybridized carbons (Fsp3) is 0.714. The van der Waals surface area contributed by atoms with Gasteiger partial charge in [0, 0.05) is 0 Å². The Balaban J connectivity index is 2.38. The van der Waals surface area contributed by atoms with Crippen LogP contribution in [0.5, 0.6) is 0 Å². The highest BCUT2D eigenvalue weighted by atomic mass is 19.4. The summed E-state index contributed by atoms with van der Waals surface area (Å²) in [5, 5.41) is 0. The van der Waals surface area contributed by atoms with E-state index in [0.29, 0.717) is 4.90 Å². The Labute approximate surface area is 81.6 Å². The molecule has 1 atom stereocenters. The lowest BCUT2D eigenvalue weighted by molar-refractivity contribution is -0.139. The molecule has 0 saturated carbocycles. The van der Waals surface area contributed by atoms with Gasteiger partial charge in [-0.05, 0) is 0 Å². The van der Waals surface area contributed by atoms with E-state index >= 15 is 0 Å². The molecule has 86 valence electrons.